The normalized spacial score (nSPS) is 11.1. The summed E-state index contributed by atoms with van der Waals surface area (Å²) in [6.45, 7) is 6.62. The average Bonchev–Trinajstić information content (AvgIpc) is 2.64. The Morgan fingerprint density at radius 3 is 2.50 bits per heavy atom. The maximum absolute atomic E-state index is 12.4. The van der Waals surface area contributed by atoms with Crippen molar-refractivity contribution < 1.29 is 14.6 Å². The highest BCUT2D eigenvalue weighted by atomic mass is 16.5. The van der Waals surface area contributed by atoms with Crippen LogP contribution in [0.3, 0.4) is 0 Å². The van der Waals surface area contributed by atoms with Crippen molar-refractivity contribution in [2.24, 2.45) is 0 Å². The minimum Gasteiger partial charge on any atom is -0.508 e. The summed E-state index contributed by atoms with van der Waals surface area (Å²) in [7, 11) is 1.84. The molecule has 0 bridgehead atoms. The number of rotatable bonds is 8. The molecule has 0 radical (unpaired) electrons. The van der Waals surface area contributed by atoms with Crippen molar-refractivity contribution in [1.29, 1.82) is 0 Å². The Morgan fingerprint density at radius 2 is 1.92 bits per heavy atom. The molecule has 0 aliphatic carbocycles. The van der Waals surface area contributed by atoms with E-state index in [0.29, 0.717) is 17.9 Å². The van der Waals surface area contributed by atoms with Crippen LogP contribution in [-0.4, -0.2) is 24.5 Å². The summed E-state index contributed by atoms with van der Waals surface area (Å²) in [6, 6.07) is 10.9. The number of aromatic hydroxyl groups is 1. The smallest absolute Gasteiger partial charge is 0.185 e. The molecule has 2 N–H and O–H groups in total. The van der Waals surface area contributed by atoms with Gasteiger partial charge in [0.25, 0.3) is 0 Å². The molecule has 2 aromatic rings. The molecule has 2 rings (SSSR count). The highest BCUT2D eigenvalue weighted by Gasteiger charge is 2.12. The molecule has 0 aliphatic rings. The predicted molar refractivity (Wildman–Crippen MR) is 107 cm³/mol. The molecular formula is C22H27NO3. The number of ketones is 1. The van der Waals surface area contributed by atoms with Gasteiger partial charge in [-0.25, -0.2) is 0 Å². The number of phenols is 1. The number of ether oxygens (including phenoxy) is 1. The first-order valence-electron chi connectivity index (χ1n) is 8.96. The second-order valence-corrected chi connectivity index (χ2v) is 6.48. The van der Waals surface area contributed by atoms with Crippen LogP contribution in [0.25, 0.3) is 6.08 Å². The van der Waals surface area contributed by atoms with Gasteiger partial charge in [-0.05, 0) is 60.4 Å². The van der Waals surface area contributed by atoms with Crippen LogP contribution in [0, 0.1) is 0 Å². The van der Waals surface area contributed by atoms with E-state index in [1.165, 1.54) is 0 Å². The summed E-state index contributed by atoms with van der Waals surface area (Å²) in [5.41, 5.74) is 3.21. The molecule has 26 heavy (non-hydrogen) atoms. The number of allylic oxidation sites excluding steroid dienone is 1. The van der Waals surface area contributed by atoms with Crippen molar-refractivity contribution in [3.8, 4) is 11.5 Å². The average molecular weight is 353 g/mol. The summed E-state index contributed by atoms with van der Waals surface area (Å²) < 4.78 is 5.74. The van der Waals surface area contributed by atoms with E-state index in [1.807, 2.05) is 46.0 Å². The quantitative estimate of drug-likeness (QED) is 0.503. The Balaban J connectivity index is 2.30. The van der Waals surface area contributed by atoms with Gasteiger partial charge in [-0.2, -0.15) is 0 Å². The van der Waals surface area contributed by atoms with Gasteiger partial charge in [-0.1, -0.05) is 20.8 Å². The summed E-state index contributed by atoms with van der Waals surface area (Å²) in [5, 5.41) is 13.2. The maximum Gasteiger partial charge on any atom is 0.185 e. The summed E-state index contributed by atoms with van der Waals surface area (Å²) >= 11 is 0. The van der Waals surface area contributed by atoms with E-state index in [2.05, 4.69) is 5.32 Å². The fourth-order valence-electron chi connectivity index (χ4n) is 2.60. The van der Waals surface area contributed by atoms with Crippen molar-refractivity contribution in [1.82, 2.24) is 0 Å². The number of carbonyl (C=O) groups is 1. The van der Waals surface area contributed by atoms with E-state index in [-0.39, 0.29) is 17.5 Å². The third-order valence-electron chi connectivity index (χ3n) is 4.12. The van der Waals surface area contributed by atoms with Crippen molar-refractivity contribution >= 4 is 17.5 Å². The molecule has 0 aromatic heterocycles. The standard InChI is InChI=1S/C22H27NO3/c1-5-12-26-22-14-21(25)19(15(2)3)13-17(22)8-11-20(24)16-6-9-18(23-4)10-7-16/h6-11,13-15,23,25H,5,12H2,1-4H3/b11-8+. The molecule has 4 heteroatoms. The lowest BCUT2D eigenvalue weighted by Crippen LogP contribution is -2.00. The Bertz CT molecular complexity index is 777. The third kappa shape index (κ3) is 4.88. The number of hydrogen-bond donors (Lipinski definition) is 2. The lowest BCUT2D eigenvalue weighted by Gasteiger charge is -2.14. The Labute approximate surface area is 155 Å². The van der Waals surface area contributed by atoms with Crippen LogP contribution in [0.2, 0.25) is 0 Å². The Kier molecular flexibility index (Phi) is 6.84. The van der Waals surface area contributed by atoms with Gasteiger partial charge in [-0.3, -0.25) is 4.79 Å². The highest BCUT2D eigenvalue weighted by molar-refractivity contribution is 6.07. The van der Waals surface area contributed by atoms with Crippen molar-refractivity contribution in [3.63, 3.8) is 0 Å². The van der Waals surface area contributed by atoms with Gasteiger partial charge >= 0.3 is 0 Å². The highest BCUT2D eigenvalue weighted by Crippen LogP contribution is 2.33. The fourth-order valence-corrected chi connectivity index (χ4v) is 2.60. The zero-order chi connectivity index (χ0) is 19.1. The van der Waals surface area contributed by atoms with Crippen LogP contribution in [0.4, 0.5) is 5.69 Å². The van der Waals surface area contributed by atoms with Crippen molar-refractivity contribution in [2.45, 2.75) is 33.1 Å². The summed E-state index contributed by atoms with van der Waals surface area (Å²) in [5.74, 6) is 0.904. The molecule has 0 saturated carbocycles. The first-order valence-corrected chi connectivity index (χ1v) is 8.96. The largest absolute Gasteiger partial charge is 0.508 e. The van der Waals surface area contributed by atoms with Gasteiger partial charge in [0.05, 0.1) is 6.61 Å². The van der Waals surface area contributed by atoms with Gasteiger partial charge in [0.15, 0.2) is 5.78 Å². The van der Waals surface area contributed by atoms with Crippen LogP contribution >= 0.6 is 0 Å². The summed E-state index contributed by atoms with van der Waals surface area (Å²) in [6.07, 6.45) is 4.17. The lowest BCUT2D eigenvalue weighted by atomic mass is 9.98. The fraction of sp³-hybridized carbons (Fsp3) is 0.318. The number of carbonyl (C=O) groups excluding carboxylic acids is 1. The van der Waals surface area contributed by atoms with Crippen LogP contribution in [0.5, 0.6) is 11.5 Å². The van der Waals surface area contributed by atoms with E-state index in [9.17, 15) is 9.90 Å². The minimum atomic E-state index is -0.0757. The maximum atomic E-state index is 12.4. The number of benzene rings is 2. The molecular weight excluding hydrogens is 326 g/mol. The zero-order valence-electron chi connectivity index (χ0n) is 15.9. The number of hydrogen-bond acceptors (Lipinski definition) is 4. The van der Waals surface area contributed by atoms with E-state index in [4.69, 9.17) is 4.74 Å². The molecule has 0 atom stereocenters. The van der Waals surface area contributed by atoms with Gasteiger partial charge < -0.3 is 15.2 Å². The number of phenolic OH excluding ortho intramolecular Hbond substituents is 1. The zero-order valence-corrected chi connectivity index (χ0v) is 15.9. The predicted octanol–water partition coefficient (Wildman–Crippen LogP) is 5.24. The third-order valence-corrected chi connectivity index (χ3v) is 4.12. The van der Waals surface area contributed by atoms with E-state index in [0.717, 1.165) is 23.2 Å². The van der Waals surface area contributed by atoms with Crippen LogP contribution in [-0.2, 0) is 0 Å². The SMILES string of the molecule is CCCOc1cc(O)c(C(C)C)cc1/C=C/C(=O)c1ccc(NC)cc1. The van der Waals surface area contributed by atoms with E-state index >= 15 is 0 Å². The number of anilines is 1. The molecule has 0 amide bonds. The molecule has 0 fully saturated rings. The number of nitrogens with one attached hydrogen (secondary N) is 1. The molecule has 4 nitrogen and oxygen atoms in total. The van der Waals surface area contributed by atoms with Crippen molar-refractivity contribution in [3.05, 3.63) is 59.2 Å². The van der Waals surface area contributed by atoms with Gasteiger partial charge in [-0.15, -0.1) is 0 Å². The van der Waals surface area contributed by atoms with Gasteiger partial charge in [0.2, 0.25) is 0 Å². The molecule has 0 saturated heterocycles. The Morgan fingerprint density at radius 1 is 1.23 bits per heavy atom. The van der Waals surface area contributed by atoms with Crippen LogP contribution in [0.15, 0.2) is 42.5 Å². The molecule has 0 heterocycles. The van der Waals surface area contributed by atoms with E-state index in [1.54, 1.807) is 30.4 Å². The molecule has 138 valence electrons. The van der Waals surface area contributed by atoms with Crippen LogP contribution < -0.4 is 10.1 Å². The second-order valence-electron chi connectivity index (χ2n) is 6.48. The van der Waals surface area contributed by atoms with Gasteiger partial charge in [0.1, 0.15) is 11.5 Å². The Hall–Kier alpha value is -2.75. The molecule has 0 spiro atoms. The van der Waals surface area contributed by atoms with Crippen molar-refractivity contribution in [2.75, 3.05) is 19.0 Å². The molecule has 2 aromatic carbocycles. The monoisotopic (exact) mass is 353 g/mol. The minimum absolute atomic E-state index is 0.0757. The summed E-state index contributed by atoms with van der Waals surface area (Å²) in [4.78, 5) is 12.4. The lowest BCUT2D eigenvalue weighted by molar-refractivity contribution is 0.104. The first kappa shape index (κ1) is 19.6. The van der Waals surface area contributed by atoms with Crippen LogP contribution in [0.1, 0.15) is 54.6 Å². The topological polar surface area (TPSA) is 58.6 Å². The molecule has 0 unspecified atom stereocenters. The second kappa shape index (κ2) is 9.09. The van der Waals surface area contributed by atoms with Gasteiger partial charge in [0, 0.05) is 29.9 Å². The van der Waals surface area contributed by atoms with E-state index < -0.39 is 0 Å². The first-order chi connectivity index (χ1) is 12.5. The molecule has 0 aliphatic heterocycles.